The Morgan fingerprint density at radius 2 is 2.14 bits per heavy atom. The highest BCUT2D eigenvalue weighted by Crippen LogP contribution is 2.34. The largest absolute Gasteiger partial charge is 0.480 e. The Labute approximate surface area is 175 Å². The summed E-state index contributed by atoms with van der Waals surface area (Å²) < 4.78 is 7.39. The van der Waals surface area contributed by atoms with E-state index in [1.807, 2.05) is 0 Å². The van der Waals surface area contributed by atoms with Crippen LogP contribution in [0, 0.1) is 0 Å². The van der Waals surface area contributed by atoms with Crippen LogP contribution >= 0.6 is 23.4 Å². The second kappa shape index (κ2) is 8.98. The Hall–Kier alpha value is -1.70. The Bertz CT molecular complexity index is 883. The molecule has 2 aromatic heterocycles. The number of carboxylic acid groups (broad SMARTS) is 1. The van der Waals surface area contributed by atoms with E-state index in [0.717, 1.165) is 0 Å². The normalized spacial score (nSPS) is 25.4. The van der Waals surface area contributed by atoms with Gasteiger partial charge in [0.15, 0.2) is 23.2 Å². The van der Waals surface area contributed by atoms with E-state index in [4.69, 9.17) is 27.2 Å². The third-order valence-corrected chi connectivity index (χ3v) is 5.84. The summed E-state index contributed by atoms with van der Waals surface area (Å²) in [5, 5.41) is 29.7. The first kappa shape index (κ1) is 22.0. The molecule has 0 aromatic carbocycles. The number of ether oxygens (including phenoxy) is 1. The summed E-state index contributed by atoms with van der Waals surface area (Å²) in [6.45, 7) is 0. The SMILES string of the molecule is CN(C)c1nc(Cl)nc2c1ncn2[C@@H]1O[C@H](CSCCC(N)C(=O)O)[C@@H](O)[C@H]1O. The third kappa shape index (κ3) is 4.57. The topological polar surface area (TPSA) is 160 Å². The van der Waals surface area contributed by atoms with Gasteiger partial charge in [0, 0.05) is 19.8 Å². The van der Waals surface area contributed by atoms with Crippen molar-refractivity contribution in [2.24, 2.45) is 5.73 Å². The number of thioether (sulfide) groups is 1. The van der Waals surface area contributed by atoms with Crippen LogP contribution in [-0.4, -0.2) is 90.8 Å². The summed E-state index contributed by atoms with van der Waals surface area (Å²) in [5.74, 6) is 0.326. The van der Waals surface area contributed by atoms with Gasteiger partial charge in [0.25, 0.3) is 0 Å². The molecule has 1 unspecified atom stereocenters. The van der Waals surface area contributed by atoms with Crippen molar-refractivity contribution in [2.75, 3.05) is 30.5 Å². The third-order valence-electron chi connectivity index (χ3n) is 4.58. The zero-order valence-corrected chi connectivity index (χ0v) is 17.4. The molecule has 1 fully saturated rings. The lowest BCUT2D eigenvalue weighted by Gasteiger charge is -2.17. The molecular weight excluding hydrogens is 424 g/mol. The van der Waals surface area contributed by atoms with E-state index in [1.54, 1.807) is 19.0 Å². The maximum Gasteiger partial charge on any atom is 0.320 e. The maximum absolute atomic E-state index is 10.8. The van der Waals surface area contributed by atoms with Crippen molar-refractivity contribution in [1.29, 1.82) is 0 Å². The van der Waals surface area contributed by atoms with Crippen molar-refractivity contribution in [3.63, 3.8) is 0 Å². The van der Waals surface area contributed by atoms with E-state index in [2.05, 4.69) is 15.0 Å². The minimum atomic E-state index is -1.20. The number of aliphatic hydroxyl groups excluding tert-OH is 2. The van der Waals surface area contributed by atoms with Gasteiger partial charge in [0.1, 0.15) is 18.2 Å². The summed E-state index contributed by atoms with van der Waals surface area (Å²) in [5.41, 5.74) is 6.35. The fourth-order valence-electron chi connectivity index (χ4n) is 3.00. The lowest BCUT2D eigenvalue weighted by molar-refractivity contribution is -0.138. The van der Waals surface area contributed by atoms with E-state index in [-0.39, 0.29) is 5.28 Å². The molecule has 160 valence electrons. The number of hydrogen-bond acceptors (Lipinski definition) is 10. The highest BCUT2D eigenvalue weighted by Gasteiger charge is 2.44. The van der Waals surface area contributed by atoms with Crippen molar-refractivity contribution in [3.05, 3.63) is 11.6 Å². The van der Waals surface area contributed by atoms with E-state index in [9.17, 15) is 15.0 Å². The molecule has 5 atom stereocenters. The van der Waals surface area contributed by atoms with E-state index in [0.29, 0.717) is 34.9 Å². The van der Waals surface area contributed by atoms with Crippen LogP contribution in [0.3, 0.4) is 0 Å². The predicted molar refractivity (Wildman–Crippen MR) is 108 cm³/mol. The minimum Gasteiger partial charge on any atom is -0.480 e. The van der Waals surface area contributed by atoms with Gasteiger partial charge in [-0.3, -0.25) is 9.36 Å². The molecule has 0 bridgehead atoms. The first-order chi connectivity index (χ1) is 13.7. The fourth-order valence-corrected chi connectivity index (χ4v) is 4.26. The van der Waals surface area contributed by atoms with Crippen LogP contribution in [0.4, 0.5) is 5.82 Å². The van der Waals surface area contributed by atoms with E-state index < -0.39 is 36.6 Å². The van der Waals surface area contributed by atoms with Crippen LogP contribution in [-0.2, 0) is 9.53 Å². The smallest absolute Gasteiger partial charge is 0.320 e. The zero-order valence-electron chi connectivity index (χ0n) is 15.8. The van der Waals surface area contributed by atoms with Crippen LogP contribution in [0.1, 0.15) is 12.6 Å². The molecule has 5 N–H and O–H groups in total. The molecule has 1 saturated heterocycles. The number of anilines is 1. The van der Waals surface area contributed by atoms with Gasteiger partial charge in [-0.2, -0.15) is 21.7 Å². The first-order valence-electron chi connectivity index (χ1n) is 8.85. The molecule has 13 heteroatoms. The molecular formula is C16H23ClN6O5S. The van der Waals surface area contributed by atoms with Gasteiger partial charge in [0.2, 0.25) is 5.28 Å². The van der Waals surface area contributed by atoms with Crippen molar-refractivity contribution in [2.45, 2.75) is 37.0 Å². The summed E-state index contributed by atoms with van der Waals surface area (Å²) >= 11 is 7.43. The summed E-state index contributed by atoms with van der Waals surface area (Å²) in [7, 11) is 3.59. The second-order valence-electron chi connectivity index (χ2n) is 6.89. The van der Waals surface area contributed by atoms with Gasteiger partial charge in [-0.05, 0) is 23.8 Å². The Morgan fingerprint density at radius 1 is 1.41 bits per heavy atom. The van der Waals surface area contributed by atoms with Crippen LogP contribution in [0.25, 0.3) is 11.2 Å². The van der Waals surface area contributed by atoms with Gasteiger partial charge < -0.3 is 30.7 Å². The molecule has 0 radical (unpaired) electrons. The number of carboxylic acids is 1. The number of nitrogens with two attached hydrogens (primary N) is 1. The Morgan fingerprint density at radius 3 is 2.79 bits per heavy atom. The molecule has 0 spiro atoms. The molecule has 0 saturated carbocycles. The molecule has 3 heterocycles. The minimum absolute atomic E-state index is 0.0258. The molecule has 0 amide bonds. The molecule has 2 aromatic rings. The van der Waals surface area contributed by atoms with Crippen molar-refractivity contribution < 1.29 is 24.9 Å². The monoisotopic (exact) mass is 446 g/mol. The number of halogens is 1. The molecule has 3 rings (SSSR count). The van der Waals surface area contributed by atoms with Crippen molar-refractivity contribution in [3.8, 4) is 0 Å². The number of nitrogens with zero attached hydrogens (tertiary/aromatic N) is 5. The average Bonchev–Trinajstić information content (AvgIpc) is 3.19. The number of aliphatic carboxylic acids is 1. The molecule has 0 aliphatic carbocycles. The number of aliphatic hydroxyl groups is 2. The highest BCUT2D eigenvalue weighted by atomic mass is 35.5. The molecule has 1 aliphatic rings. The van der Waals surface area contributed by atoms with Gasteiger partial charge in [-0.25, -0.2) is 4.98 Å². The highest BCUT2D eigenvalue weighted by molar-refractivity contribution is 7.99. The van der Waals surface area contributed by atoms with Gasteiger partial charge in [0.05, 0.1) is 12.4 Å². The predicted octanol–water partition coefficient (Wildman–Crippen LogP) is -0.300. The van der Waals surface area contributed by atoms with Crippen molar-refractivity contribution in [1.82, 2.24) is 19.5 Å². The first-order valence-corrected chi connectivity index (χ1v) is 10.4. The van der Waals surface area contributed by atoms with Gasteiger partial charge in [-0.1, -0.05) is 0 Å². The lowest BCUT2D eigenvalue weighted by Crippen LogP contribution is -2.33. The number of aromatic nitrogens is 4. The van der Waals surface area contributed by atoms with E-state index in [1.165, 1.54) is 22.7 Å². The summed E-state index contributed by atoms with van der Waals surface area (Å²) in [6.07, 6.45) is -2.11. The number of carbonyl (C=O) groups is 1. The Kier molecular flexibility index (Phi) is 6.81. The average molecular weight is 447 g/mol. The fraction of sp³-hybridized carbons (Fsp3) is 0.625. The number of hydrogen-bond donors (Lipinski definition) is 4. The summed E-state index contributed by atoms with van der Waals surface area (Å²) in [4.78, 5) is 25.2. The molecule has 1 aliphatic heterocycles. The zero-order chi connectivity index (χ0) is 21.3. The molecule has 11 nitrogen and oxygen atoms in total. The van der Waals surface area contributed by atoms with Crippen LogP contribution in [0.15, 0.2) is 6.33 Å². The molecule has 29 heavy (non-hydrogen) atoms. The van der Waals surface area contributed by atoms with Crippen LogP contribution < -0.4 is 10.6 Å². The van der Waals surface area contributed by atoms with E-state index >= 15 is 0 Å². The van der Waals surface area contributed by atoms with Gasteiger partial charge in [-0.15, -0.1) is 0 Å². The van der Waals surface area contributed by atoms with Crippen LogP contribution in [0.5, 0.6) is 0 Å². The number of rotatable bonds is 8. The number of fused-ring (bicyclic) bond motifs is 1. The number of imidazole rings is 1. The second-order valence-corrected chi connectivity index (χ2v) is 8.38. The maximum atomic E-state index is 10.8. The lowest BCUT2D eigenvalue weighted by atomic mass is 10.1. The van der Waals surface area contributed by atoms with Crippen LogP contribution in [0.2, 0.25) is 5.28 Å². The summed E-state index contributed by atoms with van der Waals surface area (Å²) in [6, 6.07) is -0.928. The Balaban J connectivity index is 1.73. The standard InChI is InChI=1S/C16H23ClN6O5S/c1-22(2)12-9-13(21-16(17)20-12)23(6-19-9)14-11(25)10(24)8(28-14)5-29-4-3-7(18)15(26)27/h6-8,10-11,14,24-25H,3-5,18H2,1-2H3,(H,26,27)/t7?,8-,10-,11-,14-/m1/s1. The van der Waals surface area contributed by atoms with Crippen molar-refractivity contribution >= 4 is 46.3 Å². The quantitative estimate of drug-likeness (QED) is 0.311. The van der Waals surface area contributed by atoms with Gasteiger partial charge >= 0.3 is 5.97 Å².